The molecule has 4 heterocycles. The van der Waals surface area contributed by atoms with E-state index < -0.39 is 0 Å². The van der Waals surface area contributed by atoms with Crippen LogP contribution in [-0.2, 0) is 0 Å². The largest absolute Gasteiger partial charge is 0.316 e. The van der Waals surface area contributed by atoms with Crippen molar-refractivity contribution in [2.45, 2.75) is 0 Å². The molecule has 0 atom stereocenters. The lowest BCUT2D eigenvalue weighted by Crippen LogP contribution is -1.96. The van der Waals surface area contributed by atoms with Crippen LogP contribution in [0.4, 0.5) is 0 Å². The Hall–Kier alpha value is -7.76. The van der Waals surface area contributed by atoms with E-state index in [0.717, 1.165) is 55.7 Å². The van der Waals surface area contributed by atoms with Crippen molar-refractivity contribution in [3.05, 3.63) is 200 Å². The number of aromatic nitrogens is 5. The summed E-state index contributed by atoms with van der Waals surface area (Å²) in [7, 11) is 0. The van der Waals surface area contributed by atoms with Crippen LogP contribution in [0, 0.1) is 0 Å². The van der Waals surface area contributed by atoms with Crippen LogP contribution in [0.1, 0.15) is 0 Å². The molecule has 0 radical (unpaired) electrons. The number of rotatable bonds is 5. The van der Waals surface area contributed by atoms with Crippen molar-refractivity contribution >= 4 is 65.4 Å². The molecule has 0 unspecified atom stereocenters. The molecule has 0 amide bonds. The normalized spacial score (nSPS) is 11.9. The van der Waals surface area contributed by atoms with Crippen LogP contribution >= 0.6 is 0 Å². The van der Waals surface area contributed by atoms with Crippen LogP contribution in [0.2, 0.25) is 0 Å². The van der Waals surface area contributed by atoms with Crippen LogP contribution in [0.5, 0.6) is 0 Å². The summed E-state index contributed by atoms with van der Waals surface area (Å²) in [6.07, 6.45) is 2.18. The van der Waals surface area contributed by atoms with Crippen molar-refractivity contribution in [1.29, 1.82) is 0 Å². The third kappa shape index (κ3) is 4.82. The van der Waals surface area contributed by atoms with E-state index in [1.54, 1.807) is 0 Å². The number of nitrogens with zero attached hydrogens (tertiary/aromatic N) is 5. The van der Waals surface area contributed by atoms with Gasteiger partial charge in [0.05, 0.1) is 38.8 Å². The van der Waals surface area contributed by atoms with E-state index in [2.05, 4.69) is 214 Å². The molecule has 0 N–H and O–H groups in total. The number of para-hydroxylation sites is 5. The lowest BCUT2D eigenvalue weighted by atomic mass is 10.0. The second-order valence-electron chi connectivity index (χ2n) is 14.7. The van der Waals surface area contributed by atoms with Crippen molar-refractivity contribution in [3.63, 3.8) is 0 Å². The summed E-state index contributed by atoms with van der Waals surface area (Å²) >= 11 is 0. The van der Waals surface area contributed by atoms with Crippen molar-refractivity contribution in [2.75, 3.05) is 0 Å². The van der Waals surface area contributed by atoms with Gasteiger partial charge in [-0.2, -0.15) is 0 Å². The van der Waals surface area contributed by atoms with Gasteiger partial charge in [0, 0.05) is 66.7 Å². The van der Waals surface area contributed by atoms with E-state index in [1.807, 2.05) is 0 Å². The molecule has 0 spiro atoms. The third-order valence-electron chi connectivity index (χ3n) is 11.5. The average molecular weight is 728 g/mol. The maximum Gasteiger partial charge on any atom is 0.160 e. The van der Waals surface area contributed by atoms with E-state index >= 15 is 0 Å². The second kappa shape index (κ2) is 12.4. The van der Waals surface area contributed by atoms with Gasteiger partial charge in [-0.05, 0) is 91.0 Å². The summed E-state index contributed by atoms with van der Waals surface area (Å²) in [6.45, 7) is 0. The number of hydrogen-bond donors (Lipinski definition) is 0. The summed E-state index contributed by atoms with van der Waals surface area (Å²) in [5.74, 6) is 0.703. The van der Waals surface area contributed by atoms with E-state index in [4.69, 9.17) is 9.97 Å². The maximum absolute atomic E-state index is 5.40. The average Bonchev–Trinajstić information content (AvgIpc) is 3.97. The molecular formula is C52H33N5. The van der Waals surface area contributed by atoms with E-state index in [-0.39, 0.29) is 0 Å². The smallest absolute Gasteiger partial charge is 0.160 e. The molecule has 0 saturated heterocycles. The molecule has 0 bridgehead atoms. The molecular weight excluding hydrogens is 695 g/mol. The Labute approximate surface area is 328 Å². The highest BCUT2D eigenvalue weighted by atomic mass is 15.0. The third-order valence-corrected chi connectivity index (χ3v) is 11.5. The Kier molecular flexibility index (Phi) is 6.86. The minimum atomic E-state index is 0.703. The molecule has 57 heavy (non-hydrogen) atoms. The van der Waals surface area contributed by atoms with Crippen LogP contribution in [0.15, 0.2) is 200 Å². The van der Waals surface area contributed by atoms with Gasteiger partial charge in [0.25, 0.3) is 0 Å². The number of hydrogen-bond acceptors (Lipinski definition) is 2. The topological polar surface area (TPSA) is 40.6 Å². The van der Waals surface area contributed by atoms with Gasteiger partial charge in [-0.1, -0.05) is 103 Å². The highest BCUT2D eigenvalue weighted by Gasteiger charge is 2.20. The zero-order valence-corrected chi connectivity index (χ0v) is 30.8. The Balaban J connectivity index is 1.07. The molecule has 0 aliphatic heterocycles. The first-order chi connectivity index (χ1) is 28.3. The van der Waals surface area contributed by atoms with Gasteiger partial charge < -0.3 is 13.7 Å². The zero-order chi connectivity index (χ0) is 37.5. The van der Waals surface area contributed by atoms with Crippen molar-refractivity contribution in [3.8, 4) is 39.7 Å². The predicted molar refractivity (Wildman–Crippen MR) is 236 cm³/mol. The first-order valence-corrected chi connectivity index (χ1v) is 19.3. The molecule has 12 rings (SSSR count). The molecule has 12 aromatic rings. The van der Waals surface area contributed by atoms with Gasteiger partial charge in [0.15, 0.2) is 5.82 Å². The minimum Gasteiger partial charge on any atom is -0.316 e. The van der Waals surface area contributed by atoms with Gasteiger partial charge in [-0.3, -0.25) is 0 Å². The SMILES string of the molecule is c1ccc(-n2ccc3c2ccc2c4cc(-c5nc(-c6ccc7c(c6)c6ccccc6n7-c6ccccc6)c6ccccc6n5)ccc4n(-c4ccccc4)c23)cc1. The molecule has 0 aliphatic rings. The Bertz CT molecular complexity index is 3500. The van der Waals surface area contributed by atoms with Crippen molar-refractivity contribution < 1.29 is 0 Å². The highest BCUT2D eigenvalue weighted by molar-refractivity contribution is 6.19. The first-order valence-electron chi connectivity index (χ1n) is 19.3. The standard InChI is InChI=1S/C52H33N5/c1-4-14-36(15-5-1)55-31-30-42-46(55)29-26-40-44-33-35(25-28-49(44)57(51(40)42)38-18-8-3-9-19-38)52-53-45-22-12-10-21-41(45)50(54-52)34-24-27-48-43(32-34)39-20-11-13-23-47(39)56(48)37-16-6-2-7-17-37/h1-33H. The molecule has 4 aromatic heterocycles. The Morgan fingerprint density at radius 2 is 0.895 bits per heavy atom. The molecule has 0 aliphatic carbocycles. The van der Waals surface area contributed by atoms with Crippen LogP contribution in [-0.4, -0.2) is 23.7 Å². The molecule has 5 nitrogen and oxygen atoms in total. The fraction of sp³-hybridized carbons (Fsp3) is 0. The Morgan fingerprint density at radius 1 is 0.333 bits per heavy atom. The highest BCUT2D eigenvalue weighted by Crippen LogP contribution is 2.41. The summed E-state index contributed by atoms with van der Waals surface area (Å²) < 4.78 is 7.03. The fourth-order valence-corrected chi connectivity index (χ4v) is 8.93. The van der Waals surface area contributed by atoms with Crippen LogP contribution in [0.3, 0.4) is 0 Å². The summed E-state index contributed by atoms with van der Waals surface area (Å²) in [5, 5.41) is 6.99. The van der Waals surface area contributed by atoms with Gasteiger partial charge in [-0.15, -0.1) is 0 Å². The maximum atomic E-state index is 5.40. The minimum absolute atomic E-state index is 0.703. The molecule has 5 heteroatoms. The van der Waals surface area contributed by atoms with Gasteiger partial charge in [0.2, 0.25) is 0 Å². The van der Waals surface area contributed by atoms with E-state index in [9.17, 15) is 0 Å². The summed E-state index contributed by atoms with van der Waals surface area (Å²) in [6, 6.07) is 69.0. The van der Waals surface area contributed by atoms with Crippen molar-refractivity contribution in [1.82, 2.24) is 23.7 Å². The number of fused-ring (bicyclic) bond motifs is 9. The fourth-order valence-electron chi connectivity index (χ4n) is 8.93. The number of benzene rings is 8. The molecule has 0 saturated carbocycles. The predicted octanol–water partition coefficient (Wildman–Crippen LogP) is 13.1. The van der Waals surface area contributed by atoms with E-state index in [1.165, 1.54) is 43.6 Å². The summed E-state index contributed by atoms with van der Waals surface area (Å²) in [5.41, 5.74) is 13.1. The van der Waals surface area contributed by atoms with E-state index in [0.29, 0.717) is 5.82 Å². The van der Waals surface area contributed by atoms with Crippen LogP contribution in [0.25, 0.3) is 105 Å². The monoisotopic (exact) mass is 727 g/mol. The van der Waals surface area contributed by atoms with Gasteiger partial charge in [0.1, 0.15) is 0 Å². The lowest BCUT2D eigenvalue weighted by molar-refractivity contribution is 1.13. The summed E-state index contributed by atoms with van der Waals surface area (Å²) in [4.78, 5) is 10.6. The first kappa shape index (κ1) is 31.6. The van der Waals surface area contributed by atoms with Crippen molar-refractivity contribution in [2.24, 2.45) is 0 Å². The van der Waals surface area contributed by atoms with Crippen LogP contribution < -0.4 is 0 Å². The molecule has 0 fully saturated rings. The Morgan fingerprint density at radius 3 is 1.67 bits per heavy atom. The lowest BCUT2D eigenvalue weighted by Gasteiger charge is -2.11. The molecule has 266 valence electrons. The zero-order valence-electron chi connectivity index (χ0n) is 30.8. The van der Waals surface area contributed by atoms with Gasteiger partial charge in [-0.25, -0.2) is 9.97 Å². The van der Waals surface area contributed by atoms with Gasteiger partial charge >= 0.3 is 0 Å². The second-order valence-corrected chi connectivity index (χ2v) is 14.7. The quantitative estimate of drug-likeness (QED) is 0.177. The molecule has 8 aromatic carbocycles.